The first-order valence-corrected chi connectivity index (χ1v) is 5.74. The van der Waals surface area contributed by atoms with Gasteiger partial charge in [-0.1, -0.05) is 39.1 Å². The molecule has 1 amide bonds. The van der Waals surface area contributed by atoms with E-state index in [0.717, 1.165) is 5.56 Å². The minimum atomic E-state index is -0.160. The summed E-state index contributed by atoms with van der Waals surface area (Å²) < 4.78 is 0. The van der Waals surface area contributed by atoms with Crippen molar-refractivity contribution in [3.63, 3.8) is 0 Å². The summed E-state index contributed by atoms with van der Waals surface area (Å²) in [7, 11) is 0. The summed E-state index contributed by atoms with van der Waals surface area (Å²) in [4.78, 5) is 11.1. The van der Waals surface area contributed by atoms with Crippen LogP contribution in [0, 0.1) is 6.92 Å². The summed E-state index contributed by atoms with van der Waals surface area (Å²) in [5.74, 6) is -0.160. The number of carbonyl (C=O) groups is 1. The maximum absolute atomic E-state index is 11.1. The highest BCUT2D eigenvalue weighted by atomic mass is 79.9. The number of benzene rings is 1. The van der Waals surface area contributed by atoms with Crippen molar-refractivity contribution >= 4 is 50.7 Å². The fourth-order valence-corrected chi connectivity index (χ4v) is 1.49. The lowest BCUT2D eigenvalue weighted by molar-refractivity contribution is -0.113. The molecule has 0 saturated carbocycles. The van der Waals surface area contributed by atoms with Crippen molar-refractivity contribution < 1.29 is 4.79 Å². The summed E-state index contributed by atoms with van der Waals surface area (Å²) in [6.45, 7) is 1.85. The van der Waals surface area contributed by atoms with Gasteiger partial charge in [-0.15, -0.1) is 0 Å². The van der Waals surface area contributed by atoms with E-state index in [9.17, 15) is 4.79 Å². The van der Waals surface area contributed by atoms with Gasteiger partial charge in [-0.2, -0.15) is 0 Å². The third-order valence-corrected chi connectivity index (χ3v) is 2.87. The smallest absolute Gasteiger partial charge is 0.235 e. The first kappa shape index (κ1) is 11.8. The molecule has 0 heterocycles. The number of amides is 1. The van der Waals surface area contributed by atoms with E-state index in [4.69, 9.17) is 23.2 Å². The van der Waals surface area contributed by atoms with E-state index in [2.05, 4.69) is 21.2 Å². The van der Waals surface area contributed by atoms with Crippen LogP contribution in [0.4, 0.5) is 5.69 Å². The number of alkyl halides is 1. The average molecular weight is 297 g/mol. The largest absolute Gasteiger partial charge is 0.324 e. The molecule has 0 radical (unpaired) electrons. The molecule has 14 heavy (non-hydrogen) atoms. The van der Waals surface area contributed by atoms with E-state index < -0.39 is 0 Å². The fraction of sp³-hybridized carbons (Fsp3) is 0.222. The minimum absolute atomic E-state index is 0.160. The standard InChI is InChI=1S/C9H8BrCl2NO/c1-5-2-7(12)8(3-6(5)11)13-9(14)4-10/h2-3H,4H2,1H3,(H,13,14). The molecular weight excluding hydrogens is 289 g/mol. The van der Waals surface area contributed by atoms with Crippen molar-refractivity contribution in [1.82, 2.24) is 0 Å². The monoisotopic (exact) mass is 295 g/mol. The van der Waals surface area contributed by atoms with Gasteiger partial charge in [0, 0.05) is 5.02 Å². The van der Waals surface area contributed by atoms with Gasteiger partial charge in [0.2, 0.25) is 5.91 Å². The first-order chi connectivity index (χ1) is 6.54. The molecule has 1 aromatic rings. The van der Waals surface area contributed by atoms with E-state index in [1.54, 1.807) is 12.1 Å². The van der Waals surface area contributed by atoms with Gasteiger partial charge in [0.05, 0.1) is 16.0 Å². The molecule has 76 valence electrons. The second-order valence-corrected chi connectivity index (χ2v) is 4.14. The van der Waals surface area contributed by atoms with Gasteiger partial charge in [0.15, 0.2) is 0 Å². The van der Waals surface area contributed by atoms with E-state index in [1.807, 2.05) is 6.92 Å². The fourth-order valence-electron chi connectivity index (χ4n) is 0.926. The summed E-state index contributed by atoms with van der Waals surface area (Å²) in [5.41, 5.74) is 1.42. The number of aryl methyl sites for hydroxylation is 1. The Kier molecular flexibility index (Phi) is 4.23. The van der Waals surface area contributed by atoms with Crippen LogP contribution in [0.3, 0.4) is 0 Å². The van der Waals surface area contributed by atoms with Crippen LogP contribution in [0.5, 0.6) is 0 Å². The SMILES string of the molecule is Cc1cc(Cl)c(NC(=O)CBr)cc1Cl. The lowest BCUT2D eigenvalue weighted by Crippen LogP contribution is -2.12. The number of nitrogens with one attached hydrogen (secondary N) is 1. The van der Waals surface area contributed by atoms with Crippen LogP contribution in [0.25, 0.3) is 0 Å². The molecule has 0 aliphatic carbocycles. The highest BCUT2D eigenvalue weighted by Gasteiger charge is 2.07. The number of halogens is 3. The molecule has 1 aromatic carbocycles. The van der Waals surface area contributed by atoms with Crippen molar-refractivity contribution in [2.45, 2.75) is 6.92 Å². The quantitative estimate of drug-likeness (QED) is 0.830. The molecule has 1 N–H and O–H groups in total. The Hall–Kier alpha value is -0.250. The Labute approximate surface area is 101 Å². The summed E-state index contributed by atoms with van der Waals surface area (Å²) in [6.07, 6.45) is 0. The van der Waals surface area contributed by atoms with Crippen molar-refractivity contribution in [3.8, 4) is 0 Å². The highest BCUT2D eigenvalue weighted by molar-refractivity contribution is 9.09. The van der Waals surface area contributed by atoms with Gasteiger partial charge in [0.1, 0.15) is 0 Å². The lowest BCUT2D eigenvalue weighted by atomic mass is 10.2. The van der Waals surface area contributed by atoms with Crippen molar-refractivity contribution in [1.29, 1.82) is 0 Å². The molecule has 0 spiro atoms. The molecule has 0 aliphatic heterocycles. The van der Waals surface area contributed by atoms with Crippen LogP contribution in [0.15, 0.2) is 12.1 Å². The molecule has 0 bridgehead atoms. The summed E-state index contributed by atoms with van der Waals surface area (Å²) in [5, 5.41) is 3.93. The predicted molar refractivity (Wildman–Crippen MR) is 63.6 cm³/mol. The van der Waals surface area contributed by atoms with Crippen LogP contribution in [-0.4, -0.2) is 11.2 Å². The third-order valence-electron chi connectivity index (χ3n) is 1.64. The van der Waals surface area contributed by atoms with Gasteiger partial charge in [-0.05, 0) is 24.6 Å². The van der Waals surface area contributed by atoms with Crippen LogP contribution < -0.4 is 5.32 Å². The first-order valence-electron chi connectivity index (χ1n) is 3.86. The summed E-state index contributed by atoms with van der Waals surface area (Å²) in [6, 6.07) is 3.35. The number of hydrogen-bond acceptors (Lipinski definition) is 1. The third kappa shape index (κ3) is 2.87. The number of anilines is 1. The molecule has 0 saturated heterocycles. The molecule has 0 atom stereocenters. The second-order valence-electron chi connectivity index (χ2n) is 2.76. The molecule has 0 aliphatic rings. The molecule has 2 nitrogen and oxygen atoms in total. The molecular formula is C9H8BrCl2NO. The average Bonchev–Trinajstić information content (AvgIpc) is 2.14. The van der Waals surface area contributed by atoms with Crippen molar-refractivity contribution in [3.05, 3.63) is 27.7 Å². The van der Waals surface area contributed by atoms with Crippen LogP contribution in [0.1, 0.15) is 5.56 Å². The van der Waals surface area contributed by atoms with Crippen LogP contribution in [-0.2, 0) is 4.79 Å². The molecule has 0 aromatic heterocycles. The van der Waals surface area contributed by atoms with Gasteiger partial charge in [0.25, 0.3) is 0 Å². The zero-order valence-electron chi connectivity index (χ0n) is 7.40. The van der Waals surface area contributed by atoms with Gasteiger partial charge >= 0.3 is 0 Å². The Morgan fingerprint density at radius 1 is 1.43 bits per heavy atom. The van der Waals surface area contributed by atoms with Gasteiger partial charge in [-0.3, -0.25) is 4.79 Å². The van der Waals surface area contributed by atoms with Gasteiger partial charge in [-0.25, -0.2) is 0 Å². The molecule has 0 fully saturated rings. The molecule has 5 heteroatoms. The topological polar surface area (TPSA) is 29.1 Å². The summed E-state index contributed by atoms with van der Waals surface area (Å²) >= 11 is 14.8. The minimum Gasteiger partial charge on any atom is -0.324 e. The Morgan fingerprint density at radius 2 is 2.07 bits per heavy atom. The predicted octanol–water partition coefficient (Wildman–Crippen LogP) is 3.64. The molecule has 1 rings (SSSR count). The maximum atomic E-state index is 11.1. The number of rotatable bonds is 2. The normalized spacial score (nSPS) is 10.0. The van der Waals surface area contributed by atoms with Crippen LogP contribution >= 0.6 is 39.1 Å². The van der Waals surface area contributed by atoms with Crippen molar-refractivity contribution in [2.24, 2.45) is 0 Å². The van der Waals surface area contributed by atoms with E-state index >= 15 is 0 Å². The van der Waals surface area contributed by atoms with E-state index in [1.165, 1.54) is 0 Å². The van der Waals surface area contributed by atoms with E-state index in [0.29, 0.717) is 15.7 Å². The second kappa shape index (κ2) is 5.01. The lowest BCUT2D eigenvalue weighted by Gasteiger charge is -2.07. The number of carbonyl (C=O) groups excluding carboxylic acids is 1. The Bertz CT molecular complexity index is 368. The Morgan fingerprint density at radius 3 is 2.64 bits per heavy atom. The van der Waals surface area contributed by atoms with Gasteiger partial charge < -0.3 is 5.32 Å². The molecule has 0 unspecified atom stereocenters. The van der Waals surface area contributed by atoms with E-state index in [-0.39, 0.29) is 11.2 Å². The number of hydrogen-bond donors (Lipinski definition) is 1. The highest BCUT2D eigenvalue weighted by Crippen LogP contribution is 2.28. The Balaban J connectivity index is 2.98. The van der Waals surface area contributed by atoms with Crippen molar-refractivity contribution in [2.75, 3.05) is 10.6 Å². The zero-order chi connectivity index (χ0) is 10.7. The van der Waals surface area contributed by atoms with Crippen LogP contribution in [0.2, 0.25) is 10.0 Å². The maximum Gasteiger partial charge on any atom is 0.235 e. The zero-order valence-corrected chi connectivity index (χ0v) is 10.5.